The molecule has 2 aromatic heterocycles. The summed E-state index contributed by atoms with van der Waals surface area (Å²) >= 11 is 0. The molecule has 3 N–H and O–H groups in total. The largest absolute Gasteiger partial charge is 0.337 e. The average Bonchev–Trinajstić information content (AvgIpc) is 3.10. The van der Waals surface area contributed by atoms with Crippen molar-refractivity contribution in [1.29, 1.82) is 0 Å². The Kier molecular flexibility index (Phi) is 3.83. The van der Waals surface area contributed by atoms with Gasteiger partial charge in [-0.1, -0.05) is 35.9 Å². The highest BCUT2D eigenvalue weighted by molar-refractivity contribution is 5.77. The molecule has 0 saturated carbocycles. The van der Waals surface area contributed by atoms with Crippen LogP contribution in [0.15, 0.2) is 59.2 Å². The Morgan fingerprint density at radius 2 is 1.40 bits per heavy atom. The number of fused-ring (bicyclic) bond motifs is 1. The number of rotatable bonds is 5. The summed E-state index contributed by atoms with van der Waals surface area (Å²) in [6, 6.07) is 17.7. The lowest BCUT2D eigenvalue weighted by atomic mass is 10.2. The molecule has 0 amide bonds. The predicted molar refractivity (Wildman–Crippen MR) is 95.5 cm³/mol. The molecule has 8 heteroatoms. The molecule has 4 aromatic rings. The van der Waals surface area contributed by atoms with Crippen molar-refractivity contribution in [2.24, 2.45) is 0 Å². The van der Waals surface area contributed by atoms with Gasteiger partial charge in [-0.25, -0.2) is 9.61 Å². The van der Waals surface area contributed by atoms with E-state index in [9.17, 15) is 0 Å². The lowest BCUT2D eigenvalue weighted by Crippen LogP contribution is -2.13. The maximum Gasteiger partial charge on any atom is 0.245 e. The van der Waals surface area contributed by atoms with Crippen LogP contribution in [-0.4, -0.2) is 20.3 Å². The van der Waals surface area contributed by atoms with Crippen molar-refractivity contribution in [3.63, 3.8) is 0 Å². The maximum atomic E-state index is 4.70. The van der Waals surface area contributed by atoms with Gasteiger partial charge in [-0.15, -0.1) is 0 Å². The third kappa shape index (κ3) is 3.32. The predicted octanol–water partition coefficient (Wildman–Crippen LogP) is 3.50. The Morgan fingerprint density at radius 3 is 2.12 bits per heavy atom. The summed E-state index contributed by atoms with van der Waals surface area (Å²) in [6.07, 6.45) is 0. The first kappa shape index (κ1) is 14.9. The molecule has 25 heavy (non-hydrogen) atoms. The zero-order valence-electron chi connectivity index (χ0n) is 13.4. The van der Waals surface area contributed by atoms with E-state index in [0.717, 1.165) is 11.4 Å². The Bertz CT molecular complexity index is 983. The van der Waals surface area contributed by atoms with Gasteiger partial charge in [0.1, 0.15) is 0 Å². The van der Waals surface area contributed by atoms with Crippen molar-refractivity contribution in [1.82, 2.24) is 20.3 Å². The van der Waals surface area contributed by atoms with Crippen LogP contribution < -0.4 is 16.2 Å². The van der Waals surface area contributed by atoms with E-state index in [1.54, 1.807) is 0 Å². The highest BCUT2D eigenvalue weighted by Crippen LogP contribution is 2.24. The summed E-state index contributed by atoms with van der Waals surface area (Å²) in [6.45, 7) is 2.04. The number of benzene rings is 2. The number of nitrogens with zero attached hydrogens (tertiary/aromatic N) is 4. The van der Waals surface area contributed by atoms with E-state index >= 15 is 0 Å². The van der Waals surface area contributed by atoms with E-state index in [-0.39, 0.29) is 0 Å². The van der Waals surface area contributed by atoms with E-state index in [4.69, 9.17) is 4.63 Å². The smallest absolute Gasteiger partial charge is 0.245 e. The molecule has 0 bridgehead atoms. The number of para-hydroxylation sites is 1. The molecule has 0 atom stereocenters. The fourth-order valence-electron chi connectivity index (χ4n) is 2.24. The van der Waals surface area contributed by atoms with Gasteiger partial charge in [0.15, 0.2) is 11.6 Å². The topological polar surface area (TPSA) is 101 Å². The van der Waals surface area contributed by atoms with E-state index in [0.29, 0.717) is 22.9 Å². The molecule has 124 valence electrons. The maximum absolute atomic E-state index is 4.70. The van der Waals surface area contributed by atoms with Crippen LogP contribution in [0.25, 0.3) is 11.3 Å². The molecule has 0 spiro atoms. The van der Waals surface area contributed by atoms with Crippen molar-refractivity contribution >= 4 is 34.3 Å². The first-order valence-electron chi connectivity index (χ1n) is 7.69. The normalized spacial score (nSPS) is 10.6. The number of aryl methyl sites for hydroxylation is 1. The van der Waals surface area contributed by atoms with Gasteiger partial charge in [0.05, 0.1) is 5.69 Å². The number of hydrazine groups is 1. The molecule has 2 heterocycles. The Hall–Kier alpha value is -3.68. The molecule has 4 rings (SSSR count). The minimum Gasteiger partial charge on any atom is -0.337 e. The van der Waals surface area contributed by atoms with Crippen LogP contribution in [0.2, 0.25) is 0 Å². The summed E-state index contributed by atoms with van der Waals surface area (Å²) in [7, 11) is 0. The van der Waals surface area contributed by atoms with Gasteiger partial charge < -0.3 is 5.32 Å². The van der Waals surface area contributed by atoms with Crippen LogP contribution in [0.4, 0.5) is 23.0 Å². The van der Waals surface area contributed by atoms with Crippen molar-refractivity contribution in [3.05, 3.63) is 60.2 Å². The van der Waals surface area contributed by atoms with Crippen LogP contribution in [0.3, 0.4) is 0 Å². The molecule has 0 radical (unpaired) electrons. The van der Waals surface area contributed by atoms with Gasteiger partial charge in [0.2, 0.25) is 11.3 Å². The Balaban J connectivity index is 1.64. The third-order valence-corrected chi connectivity index (χ3v) is 3.53. The Morgan fingerprint density at radius 1 is 0.720 bits per heavy atom. The molecule has 2 aromatic carbocycles. The van der Waals surface area contributed by atoms with Crippen molar-refractivity contribution in [3.8, 4) is 0 Å². The lowest BCUT2D eigenvalue weighted by Gasteiger charge is -2.13. The van der Waals surface area contributed by atoms with E-state index in [1.807, 2.05) is 61.5 Å². The van der Waals surface area contributed by atoms with Gasteiger partial charge >= 0.3 is 0 Å². The van der Waals surface area contributed by atoms with E-state index in [1.165, 1.54) is 5.56 Å². The number of hydrogen-bond donors (Lipinski definition) is 3. The fraction of sp³-hybridized carbons (Fsp3) is 0.0588. The van der Waals surface area contributed by atoms with Gasteiger partial charge in [-0.3, -0.25) is 10.9 Å². The number of aromatic nitrogens is 4. The SMILES string of the molecule is Cc1ccc(Nc2nc3nonc3nc2NNc2ccccc2)cc1. The van der Waals surface area contributed by atoms with Crippen LogP contribution in [0.1, 0.15) is 5.56 Å². The number of hydrogen-bond acceptors (Lipinski definition) is 8. The van der Waals surface area contributed by atoms with Gasteiger partial charge in [0, 0.05) is 5.69 Å². The highest BCUT2D eigenvalue weighted by Gasteiger charge is 2.13. The molecule has 0 fully saturated rings. The van der Waals surface area contributed by atoms with Gasteiger partial charge in [-0.05, 0) is 41.5 Å². The van der Waals surface area contributed by atoms with Crippen LogP contribution in [0, 0.1) is 6.92 Å². The standard InChI is InChI=1S/C17H15N7O/c1-11-7-9-12(10-8-11)18-14-15(20-17-16(19-14)23-25-24-17)22-21-13-5-3-2-4-6-13/h2-10,21H,1H3,(H,18,19,23)(H,20,22,24). The summed E-state index contributed by atoms with van der Waals surface area (Å²) in [5.41, 5.74) is 9.75. The van der Waals surface area contributed by atoms with Crippen LogP contribution >= 0.6 is 0 Å². The number of anilines is 4. The average molecular weight is 333 g/mol. The van der Waals surface area contributed by atoms with Gasteiger partial charge in [-0.2, -0.15) is 4.98 Å². The third-order valence-electron chi connectivity index (χ3n) is 3.53. The second kappa shape index (κ2) is 6.44. The zero-order chi connectivity index (χ0) is 17.1. The summed E-state index contributed by atoms with van der Waals surface area (Å²) in [4.78, 5) is 8.82. The summed E-state index contributed by atoms with van der Waals surface area (Å²) in [5.74, 6) is 0.989. The van der Waals surface area contributed by atoms with Gasteiger partial charge in [0.25, 0.3) is 0 Å². The second-order valence-corrected chi connectivity index (χ2v) is 5.44. The van der Waals surface area contributed by atoms with Crippen molar-refractivity contribution in [2.75, 3.05) is 16.2 Å². The van der Waals surface area contributed by atoms with Crippen molar-refractivity contribution < 1.29 is 4.63 Å². The first-order chi connectivity index (χ1) is 12.3. The second-order valence-electron chi connectivity index (χ2n) is 5.44. The fourth-order valence-corrected chi connectivity index (χ4v) is 2.24. The highest BCUT2D eigenvalue weighted by atomic mass is 16.6. The lowest BCUT2D eigenvalue weighted by molar-refractivity contribution is 0.314. The Labute approximate surface area is 143 Å². The van der Waals surface area contributed by atoms with Crippen LogP contribution in [-0.2, 0) is 0 Å². The molecule has 0 unspecified atom stereocenters. The van der Waals surface area contributed by atoms with E-state index in [2.05, 4.69) is 36.4 Å². The van der Waals surface area contributed by atoms with Crippen molar-refractivity contribution in [2.45, 2.75) is 6.92 Å². The molecule has 0 saturated heterocycles. The first-order valence-corrected chi connectivity index (χ1v) is 7.69. The zero-order valence-corrected chi connectivity index (χ0v) is 13.4. The summed E-state index contributed by atoms with van der Waals surface area (Å²) < 4.78 is 4.70. The molecule has 8 nitrogen and oxygen atoms in total. The van der Waals surface area contributed by atoms with Crippen LogP contribution in [0.5, 0.6) is 0 Å². The molecule has 0 aliphatic heterocycles. The molecular weight excluding hydrogens is 318 g/mol. The quantitative estimate of drug-likeness (QED) is 0.477. The molecule has 0 aliphatic carbocycles. The molecular formula is C17H15N7O. The minimum absolute atomic E-state index is 0.326. The monoisotopic (exact) mass is 333 g/mol. The summed E-state index contributed by atoms with van der Waals surface area (Å²) in [5, 5.41) is 10.7. The van der Waals surface area contributed by atoms with E-state index < -0.39 is 0 Å². The minimum atomic E-state index is 0.326. The number of nitrogens with one attached hydrogen (secondary N) is 3. The molecule has 0 aliphatic rings.